The first-order valence-corrected chi connectivity index (χ1v) is 9.65. The summed E-state index contributed by atoms with van der Waals surface area (Å²) in [5.41, 5.74) is 8.92. The molecular weight excluding hydrogens is 407 g/mol. The molecule has 0 spiro atoms. The minimum atomic E-state index is -0.282. The number of nitrogens with zero attached hydrogens (tertiary/aromatic N) is 2. The largest absolute Gasteiger partial charge is 0.342 e. The van der Waals surface area contributed by atoms with Gasteiger partial charge in [-0.05, 0) is 43.0 Å². The van der Waals surface area contributed by atoms with Gasteiger partial charge in [0.1, 0.15) is 11.9 Å². The summed E-state index contributed by atoms with van der Waals surface area (Å²) in [6.07, 6.45) is 3.02. The number of rotatable bonds is 5. The SMILES string of the molecule is Cl.Cl.Cn1c(C(NC(=O)[C@@H]2CCC[C@@H]2CN)c2ccccc2)nc2ccccc21. The van der Waals surface area contributed by atoms with Crippen LogP contribution in [0.2, 0.25) is 0 Å². The molecule has 0 aliphatic heterocycles. The standard InChI is InChI=1S/C22H26N4O.2ClH/c1-26-19-13-6-5-12-18(19)24-21(26)20(15-8-3-2-4-9-15)25-22(27)17-11-7-10-16(17)14-23;;/h2-6,8-9,12-13,16-17,20H,7,10-11,14,23H2,1H3,(H,25,27);2*1H/t16-,17-,20?;;/m1../s1. The van der Waals surface area contributed by atoms with Gasteiger partial charge in [-0.25, -0.2) is 4.98 Å². The van der Waals surface area contributed by atoms with Crippen LogP contribution in [0.5, 0.6) is 0 Å². The molecule has 0 radical (unpaired) electrons. The third kappa shape index (κ3) is 4.58. The van der Waals surface area contributed by atoms with E-state index in [2.05, 4.69) is 16.0 Å². The lowest BCUT2D eigenvalue weighted by Crippen LogP contribution is -2.38. The first-order chi connectivity index (χ1) is 13.2. The van der Waals surface area contributed by atoms with E-state index in [0.717, 1.165) is 41.7 Å². The minimum Gasteiger partial charge on any atom is -0.342 e. The highest BCUT2D eigenvalue weighted by molar-refractivity contribution is 5.85. The molecule has 1 aromatic heterocycles. The second-order valence-electron chi connectivity index (χ2n) is 7.40. The highest BCUT2D eigenvalue weighted by Gasteiger charge is 2.34. The third-order valence-electron chi connectivity index (χ3n) is 5.80. The van der Waals surface area contributed by atoms with Gasteiger partial charge in [0.25, 0.3) is 0 Å². The molecule has 1 heterocycles. The van der Waals surface area contributed by atoms with Crippen LogP contribution in [-0.4, -0.2) is 22.0 Å². The van der Waals surface area contributed by atoms with Crippen molar-refractivity contribution in [1.82, 2.24) is 14.9 Å². The zero-order valence-electron chi connectivity index (χ0n) is 16.5. The second kappa shape index (κ2) is 10.1. The predicted molar refractivity (Wildman–Crippen MR) is 122 cm³/mol. The van der Waals surface area contributed by atoms with Gasteiger partial charge in [-0.15, -0.1) is 24.8 Å². The van der Waals surface area contributed by atoms with E-state index in [0.29, 0.717) is 6.54 Å². The molecule has 3 N–H and O–H groups in total. The predicted octanol–water partition coefficient (Wildman–Crippen LogP) is 4.00. The van der Waals surface area contributed by atoms with Gasteiger partial charge in [-0.3, -0.25) is 4.79 Å². The summed E-state index contributed by atoms with van der Waals surface area (Å²) in [6.45, 7) is 0.570. The summed E-state index contributed by atoms with van der Waals surface area (Å²) >= 11 is 0. The molecule has 2 aromatic carbocycles. The fourth-order valence-electron chi connectivity index (χ4n) is 4.28. The Labute approximate surface area is 183 Å². The topological polar surface area (TPSA) is 72.9 Å². The van der Waals surface area contributed by atoms with Crippen molar-refractivity contribution in [3.05, 3.63) is 66.0 Å². The number of para-hydroxylation sites is 2. The van der Waals surface area contributed by atoms with Crippen LogP contribution in [-0.2, 0) is 11.8 Å². The lowest BCUT2D eigenvalue weighted by Gasteiger charge is -2.23. The van der Waals surface area contributed by atoms with E-state index in [1.165, 1.54) is 0 Å². The highest BCUT2D eigenvalue weighted by atomic mass is 35.5. The molecule has 1 aliphatic carbocycles. The first kappa shape index (κ1) is 23.2. The van der Waals surface area contributed by atoms with Crippen molar-refractivity contribution in [3.8, 4) is 0 Å². The Morgan fingerprint density at radius 1 is 1.14 bits per heavy atom. The van der Waals surface area contributed by atoms with Gasteiger partial charge in [-0.1, -0.05) is 48.9 Å². The lowest BCUT2D eigenvalue weighted by atomic mass is 9.94. The maximum Gasteiger partial charge on any atom is 0.224 e. The molecule has 1 amide bonds. The van der Waals surface area contributed by atoms with Crippen molar-refractivity contribution in [2.24, 2.45) is 24.6 Å². The van der Waals surface area contributed by atoms with E-state index in [1.807, 2.05) is 55.6 Å². The van der Waals surface area contributed by atoms with Crippen LogP contribution in [0.3, 0.4) is 0 Å². The Bertz CT molecular complexity index is 944. The number of carbonyl (C=O) groups excluding carboxylic acids is 1. The van der Waals surface area contributed by atoms with E-state index in [1.54, 1.807) is 0 Å². The number of aryl methyl sites for hydroxylation is 1. The van der Waals surface area contributed by atoms with Crippen LogP contribution in [0.4, 0.5) is 0 Å². The molecule has 1 aliphatic rings. The number of benzene rings is 2. The Balaban J connectivity index is 0.00000150. The van der Waals surface area contributed by atoms with Gasteiger partial charge >= 0.3 is 0 Å². The molecule has 7 heteroatoms. The number of hydrogen-bond donors (Lipinski definition) is 2. The first-order valence-electron chi connectivity index (χ1n) is 9.65. The van der Waals surface area contributed by atoms with Crippen LogP contribution in [0.1, 0.15) is 36.7 Å². The van der Waals surface area contributed by atoms with Crippen molar-refractivity contribution >= 4 is 41.8 Å². The van der Waals surface area contributed by atoms with E-state index in [-0.39, 0.29) is 48.6 Å². The fraction of sp³-hybridized carbons (Fsp3) is 0.364. The summed E-state index contributed by atoms with van der Waals surface area (Å²) < 4.78 is 2.07. The fourth-order valence-corrected chi connectivity index (χ4v) is 4.28. The number of hydrogen-bond acceptors (Lipinski definition) is 3. The van der Waals surface area contributed by atoms with Crippen molar-refractivity contribution < 1.29 is 4.79 Å². The number of imidazole rings is 1. The van der Waals surface area contributed by atoms with Crippen LogP contribution in [0.25, 0.3) is 11.0 Å². The average molecular weight is 435 g/mol. The van der Waals surface area contributed by atoms with E-state index >= 15 is 0 Å². The zero-order chi connectivity index (χ0) is 18.8. The molecular formula is C22H28Cl2N4O. The van der Waals surface area contributed by atoms with Gasteiger partial charge in [0.2, 0.25) is 5.91 Å². The highest BCUT2D eigenvalue weighted by Crippen LogP contribution is 2.32. The zero-order valence-corrected chi connectivity index (χ0v) is 18.1. The monoisotopic (exact) mass is 434 g/mol. The summed E-state index contributed by atoms with van der Waals surface area (Å²) in [5, 5.41) is 3.28. The number of halogens is 2. The molecule has 5 nitrogen and oxygen atoms in total. The van der Waals surface area contributed by atoms with Crippen molar-refractivity contribution in [2.45, 2.75) is 25.3 Å². The molecule has 1 unspecified atom stereocenters. The molecule has 4 rings (SSSR count). The number of fused-ring (bicyclic) bond motifs is 1. The van der Waals surface area contributed by atoms with Crippen molar-refractivity contribution in [1.29, 1.82) is 0 Å². The quantitative estimate of drug-likeness (QED) is 0.637. The van der Waals surface area contributed by atoms with Gasteiger partial charge < -0.3 is 15.6 Å². The van der Waals surface area contributed by atoms with Crippen LogP contribution in [0, 0.1) is 11.8 Å². The Kier molecular flexibility index (Phi) is 8.08. The van der Waals surface area contributed by atoms with E-state index in [4.69, 9.17) is 10.7 Å². The molecule has 29 heavy (non-hydrogen) atoms. The maximum atomic E-state index is 13.1. The smallest absolute Gasteiger partial charge is 0.224 e. The molecule has 3 aromatic rings. The number of nitrogens with two attached hydrogens (primary N) is 1. The summed E-state index contributed by atoms with van der Waals surface area (Å²) in [6, 6.07) is 17.8. The normalized spacial score (nSPS) is 19.2. The molecule has 3 atom stereocenters. The number of amides is 1. The number of carbonyl (C=O) groups is 1. The van der Waals surface area contributed by atoms with E-state index in [9.17, 15) is 4.79 Å². The number of nitrogens with one attached hydrogen (secondary N) is 1. The average Bonchev–Trinajstić information content (AvgIpc) is 3.32. The summed E-state index contributed by atoms with van der Waals surface area (Å²) in [4.78, 5) is 17.9. The van der Waals surface area contributed by atoms with Crippen molar-refractivity contribution in [2.75, 3.05) is 6.54 Å². The van der Waals surface area contributed by atoms with Crippen LogP contribution >= 0.6 is 24.8 Å². The van der Waals surface area contributed by atoms with Gasteiger partial charge in [0.15, 0.2) is 0 Å². The molecule has 0 saturated heterocycles. The van der Waals surface area contributed by atoms with Gasteiger partial charge in [-0.2, -0.15) is 0 Å². The van der Waals surface area contributed by atoms with Crippen molar-refractivity contribution in [3.63, 3.8) is 0 Å². The Morgan fingerprint density at radius 3 is 2.52 bits per heavy atom. The molecule has 0 bridgehead atoms. The molecule has 156 valence electrons. The number of aromatic nitrogens is 2. The van der Waals surface area contributed by atoms with Crippen LogP contribution in [0.15, 0.2) is 54.6 Å². The van der Waals surface area contributed by atoms with Crippen LogP contribution < -0.4 is 11.1 Å². The minimum absolute atomic E-state index is 0. The lowest BCUT2D eigenvalue weighted by molar-refractivity contribution is -0.126. The Hall–Kier alpha value is -2.08. The Morgan fingerprint density at radius 2 is 1.83 bits per heavy atom. The van der Waals surface area contributed by atoms with Gasteiger partial charge in [0, 0.05) is 13.0 Å². The van der Waals surface area contributed by atoms with Gasteiger partial charge in [0.05, 0.1) is 11.0 Å². The molecule has 1 fully saturated rings. The maximum absolute atomic E-state index is 13.1. The summed E-state index contributed by atoms with van der Waals surface area (Å²) in [5.74, 6) is 1.21. The second-order valence-corrected chi connectivity index (χ2v) is 7.40. The third-order valence-corrected chi connectivity index (χ3v) is 5.80. The molecule has 1 saturated carbocycles. The summed E-state index contributed by atoms with van der Waals surface area (Å²) in [7, 11) is 2.00. The van der Waals surface area contributed by atoms with E-state index < -0.39 is 0 Å².